The lowest BCUT2D eigenvalue weighted by Gasteiger charge is -2.22. The van der Waals surface area contributed by atoms with Crippen molar-refractivity contribution in [3.8, 4) is 0 Å². The highest BCUT2D eigenvalue weighted by atomic mass is 14.9. The predicted molar refractivity (Wildman–Crippen MR) is 87.2 cm³/mol. The van der Waals surface area contributed by atoms with Gasteiger partial charge in [-0.25, -0.2) is 0 Å². The van der Waals surface area contributed by atoms with Crippen molar-refractivity contribution in [1.82, 2.24) is 5.32 Å². The Kier molecular flexibility index (Phi) is 4.97. The van der Waals surface area contributed by atoms with Crippen molar-refractivity contribution in [2.75, 3.05) is 6.54 Å². The summed E-state index contributed by atoms with van der Waals surface area (Å²) in [5, 5.41) is 3.70. The smallest absolute Gasteiger partial charge is 0.0579 e. The number of benzene rings is 2. The van der Waals surface area contributed by atoms with Crippen LogP contribution < -0.4 is 5.32 Å². The molecule has 20 heavy (non-hydrogen) atoms. The largest absolute Gasteiger partial charge is 0.306 e. The second kappa shape index (κ2) is 6.71. The Morgan fingerprint density at radius 2 is 1.60 bits per heavy atom. The maximum atomic E-state index is 3.70. The fourth-order valence-corrected chi connectivity index (χ4v) is 2.78. The average Bonchev–Trinajstić information content (AvgIpc) is 2.40. The van der Waals surface area contributed by atoms with Crippen LogP contribution in [0.2, 0.25) is 0 Å². The van der Waals surface area contributed by atoms with E-state index in [2.05, 4.69) is 75.5 Å². The summed E-state index contributed by atoms with van der Waals surface area (Å²) >= 11 is 0. The van der Waals surface area contributed by atoms with Gasteiger partial charge < -0.3 is 5.32 Å². The van der Waals surface area contributed by atoms with E-state index in [0.717, 1.165) is 13.0 Å². The van der Waals surface area contributed by atoms with Crippen LogP contribution in [0.15, 0.2) is 42.5 Å². The number of nitrogens with one attached hydrogen (secondary N) is 1. The zero-order chi connectivity index (χ0) is 14.5. The van der Waals surface area contributed by atoms with Gasteiger partial charge in [0.1, 0.15) is 0 Å². The van der Waals surface area contributed by atoms with Gasteiger partial charge in [-0.05, 0) is 50.4 Å². The van der Waals surface area contributed by atoms with Crippen molar-refractivity contribution in [3.63, 3.8) is 0 Å². The monoisotopic (exact) mass is 267 g/mol. The van der Waals surface area contributed by atoms with E-state index >= 15 is 0 Å². The highest BCUT2D eigenvalue weighted by Crippen LogP contribution is 2.26. The maximum Gasteiger partial charge on any atom is 0.0579 e. The zero-order valence-corrected chi connectivity index (χ0v) is 13.0. The lowest BCUT2D eigenvalue weighted by Crippen LogP contribution is -2.24. The third-order valence-electron chi connectivity index (χ3n) is 3.68. The second-order valence-corrected chi connectivity index (χ2v) is 5.66. The van der Waals surface area contributed by atoms with Crippen molar-refractivity contribution >= 4 is 0 Å². The molecule has 0 aliphatic carbocycles. The summed E-state index contributed by atoms with van der Waals surface area (Å²) in [6.45, 7) is 9.78. The number of hydrogen-bond acceptors (Lipinski definition) is 1. The third-order valence-corrected chi connectivity index (χ3v) is 3.68. The lowest BCUT2D eigenvalue weighted by atomic mass is 9.93. The topological polar surface area (TPSA) is 12.0 Å². The molecule has 0 heterocycles. The molecule has 1 heteroatoms. The van der Waals surface area contributed by atoms with E-state index in [1.54, 1.807) is 0 Å². The second-order valence-electron chi connectivity index (χ2n) is 5.66. The Balaban J connectivity index is 2.44. The molecule has 2 aromatic carbocycles. The highest BCUT2D eigenvalue weighted by Gasteiger charge is 2.15. The van der Waals surface area contributed by atoms with E-state index in [1.165, 1.54) is 27.8 Å². The molecule has 0 aliphatic heterocycles. The molecular weight excluding hydrogens is 242 g/mol. The van der Waals surface area contributed by atoms with Crippen molar-refractivity contribution in [3.05, 3.63) is 70.3 Å². The molecule has 1 N–H and O–H groups in total. The van der Waals surface area contributed by atoms with Crippen LogP contribution in [0.5, 0.6) is 0 Å². The van der Waals surface area contributed by atoms with Crippen LogP contribution in [0, 0.1) is 20.8 Å². The summed E-state index contributed by atoms with van der Waals surface area (Å²) in [4.78, 5) is 0. The zero-order valence-electron chi connectivity index (χ0n) is 13.0. The van der Waals surface area contributed by atoms with Gasteiger partial charge in [0.15, 0.2) is 0 Å². The van der Waals surface area contributed by atoms with E-state index in [1.807, 2.05) is 0 Å². The Bertz CT molecular complexity index is 551. The Morgan fingerprint density at radius 3 is 2.20 bits per heavy atom. The van der Waals surface area contributed by atoms with E-state index in [-0.39, 0.29) is 6.04 Å². The first-order chi connectivity index (χ1) is 9.61. The lowest BCUT2D eigenvalue weighted by molar-refractivity contribution is 0.596. The van der Waals surface area contributed by atoms with Gasteiger partial charge in [0, 0.05) is 0 Å². The Labute approximate surface area is 123 Å². The van der Waals surface area contributed by atoms with E-state index < -0.39 is 0 Å². The molecule has 0 saturated heterocycles. The molecule has 1 nitrogen and oxygen atoms in total. The Hall–Kier alpha value is -1.60. The van der Waals surface area contributed by atoms with Crippen LogP contribution in [-0.2, 0) is 0 Å². The predicted octanol–water partition coefficient (Wildman–Crippen LogP) is 4.70. The van der Waals surface area contributed by atoms with Gasteiger partial charge >= 0.3 is 0 Å². The van der Waals surface area contributed by atoms with Gasteiger partial charge in [-0.3, -0.25) is 0 Å². The number of hydrogen-bond donors (Lipinski definition) is 1. The fourth-order valence-electron chi connectivity index (χ4n) is 2.78. The van der Waals surface area contributed by atoms with E-state index in [9.17, 15) is 0 Å². The minimum absolute atomic E-state index is 0.287. The normalized spacial score (nSPS) is 12.4. The van der Waals surface area contributed by atoms with Crippen molar-refractivity contribution in [2.45, 2.75) is 40.2 Å². The fraction of sp³-hybridized carbons (Fsp3) is 0.368. The van der Waals surface area contributed by atoms with Gasteiger partial charge in [0.2, 0.25) is 0 Å². The SMILES string of the molecule is CCCNC(c1cc(C)cc(C)c1)c1ccccc1C. The first kappa shape index (κ1) is 14.8. The average molecular weight is 267 g/mol. The van der Waals surface area contributed by atoms with Crippen LogP contribution in [0.1, 0.15) is 47.2 Å². The van der Waals surface area contributed by atoms with Gasteiger partial charge in [-0.2, -0.15) is 0 Å². The van der Waals surface area contributed by atoms with Crippen LogP contribution in [0.4, 0.5) is 0 Å². The summed E-state index contributed by atoms with van der Waals surface area (Å²) in [5.74, 6) is 0. The van der Waals surface area contributed by atoms with Crippen LogP contribution in [0.25, 0.3) is 0 Å². The van der Waals surface area contributed by atoms with Gasteiger partial charge in [-0.15, -0.1) is 0 Å². The molecule has 0 radical (unpaired) electrons. The minimum Gasteiger partial charge on any atom is -0.306 e. The molecule has 0 saturated carbocycles. The molecular formula is C19H25N. The third kappa shape index (κ3) is 3.49. The molecule has 1 unspecified atom stereocenters. The molecule has 0 amide bonds. The van der Waals surface area contributed by atoms with Crippen molar-refractivity contribution in [1.29, 1.82) is 0 Å². The molecule has 0 aromatic heterocycles. The van der Waals surface area contributed by atoms with Gasteiger partial charge in [0.05, 0.1) is 6.04 Å². The van der Waals surface area contributed by atoms with E-state index in [0.29, 0.717) is 0 Å². The molecule has 0 bridgehead atoms. The first-order valence-electron chi connectivity index (χ1n) is 7.49. The molecule has 106 valence electrons. The molecule has 0 fully saturated rings. The standard InChI is InChI=1S/C19H25N/c1-5-10-20-19(18-9-7-6-8-16(18)4)17-12-14(2)11-15(3)13-17/h6-9,11-13,19-20H,5,10H2,1-4H3. The summed E-state index contributed by atoms with van der Waals surface area (Å²) < 4.78 is 0. The molecule has 2 rings (SSSR count). The Morgan fingerprint density at radius 1 is 0.950 bits per heavy atom. The minimum atomic E-state index is 0.287. The maximum absolute atomic E-state index is 3.70. The van der Waals surface area contributed by atoms with E-state index in [4.69, 9.17) is 0 Å². The van der Waals surface area contributed by atoms with Crippen LogP contribution in [-0.4, -0.2) is 6.54 Å². The summed E-state index contributed by atoms with van der Waals surface area (Å²) in [5.41, 5.74) is 6.75. The highest BCUT2D eigenvalue weighted by molar-refractivity contribution is 5.39. The number of rotatable bonds is 5. The van der Waals surface area contributed by atoms with Crippen LogP contribution in [0.3, 0.4) is 0 Å². The molecule has 2 aromatic rings. The summed E-state index contributed by atoms with van der Waals surface area (Å²) in [6, 6.07) is 15.8. The van der Waals surface area contributed by atoms with Gasteiger partial charge in [0.25, 0.3) is 0 Å². The quantitative estimate of drug-likeness (QED) is 0.828. The number of aryl methyl sites for hydroxylation is 3. The van der Waals surface area contributed by atoms with Crippen molar-refractivity contribution in [2.24, 2.45) is 0 Å². The summed E-state index contributed by atoms with van der Waals surface area (Å²) in [7, 11) is 0. The molecule has 0 spiro atoms. The molecule has 1 atom stereocenters. The van der Waals surface area contributed by atoms with Gasteiger partial charge in [-0.1, -0.05) is 60.5 Å². The molecule has 0 aliphatic rings. The summed E-state index contributed by atoms with van der Waals surface area (Å²) in [6.07, 6.45) is 1.15. The van der Waals surface area contributed by atoms with Crippen molar-refractivity contribution < 1.29 is 0 Å². The van der Waals surface area contributed by atoms with Crippen LogP contribution >= 0.6 is 0 Å². The first-order valence-corrected chi connectivity index (χ1v) is 7.49.